The van der Waals surface area contributed by atoms with Gasteiger partial charge in [0.1, 0.15) is 5.82 Å². The lowest BCUT2D eigenvalue weighted by Gasteiger charge is -2.21. The van der Waals surface area contributed by atoms with Crippen molar-refractivity contribution in [2.75, 3.05) is 23.7 Å². The van der Waals surface area contributed by atoms with Gasteiger partial charge in [-0.05, 0) is 43.4 Å². The highest BCUT2D eigenvalue weighted by molar-refractivity contribution is 5.69. The Bertz CT molecular complexity index is 403. The molecule has 0 spiro atoms. The van der Waals surface area contributed by atoms with Gasteiger partial charge in [0.15, 0.2) is 0 Å². The number of rotatable bonds is 3. The molecule has 0 bridgehead atoms. The molecule has 2 rings (SSSR count). The lowest BCUT2D eigenvalue weighted by Crippen LogP contribution is -2.21. The van der Waals surface area contributed by atoms with E-state index >= 15 is 0 Å². The van der Waals surface area contributed by atoms with E-state index in [9.17, 15) is 4.39 Å². The predicted octanol–water partition coefficient (Wildman–Crippen LogP) is 3.34. The second-order valence-electron chi connectivity index (χ2n) is 5.05. The van der Waals surface area contributed by atoms with Gasteiger partial charge < -0.3 is 10.6 Å². The highest BCUT2D eigenvalue weighted by Crippen LogP contribution is 2.32. The molecular formula is C14H21FN2. The van der Waals surface area contributed by atoms with Crippen LogP contribution >= 0.6 is 0 Å². The number of halogens is 1. The fourth-order valence-electron chi connectivity index (χ4n) is 2.65. The Morgan fingerprint density at radius 2 is 2.24 bits per heavy atom. The van der Waals surface area contributed by atoms with Crippen LogP contribution in [-0.4, -0.2) is 13.1 Å². The summed E-state index contributed by atoms with van der Waals surface area (Å²) in [4.78, 5) is 2.29. The highest BCUT2D eigenvalue weighted by atomic mass is 19.1. The highest BCUT2D eigenvalue weighted by Gasteiger charge is 2.23. The first-order chi connectivity index (χ1) is 8.11. The summed E-state index contributed by atoms with van der Waals surface area (Å²) in [5.41, 5.74) is 8.14. The molecule has 1 fully saturated rings. The maximum Gasteiger partial charge on any atom is 0.128 e. The summed E-state index contributed by atoms with van der Waals surface area (Å²) >= 11 is 0. The van der Waals surface area contributed by atoms with Crippen molar-refractivity contribution >= 4 is 11.4 Å². The van der Waals surface area contributed by atoms with Crippen molar-refractivity contribution in [2.24, 2.45) is 5.92 Å². The minimum absolute atomic E-state index is 0.212. The summed E-state index contributed by atoms with van der Waals surface area (Å²) < 4.78 is 13.3. The lowest BCUT2D eigenvalue weighted by molar-refractivity contribution is 0.530. The van der Waals surface area contributed by atoms with Crippen LogP contribution in [-0.2, 0) is 0 Å². The Morgan fingerprint density at radius 3 is 2.94 bits per heavy atom. The number of anilines is 2. The van der Waals surface area contributed by atoms with Crippen LogP contribution in [0.25, 0.3) is 0 Å². The molecule has 2 nitrogen and oxygen atoms in total. The van der Waals surface area contributed by atoms with Crippen LogP contribution in [0.2, 0.25) is 0 Å². The first-order valence-electron chi connectivity index (χ1n) is 6.42. The minimum Gasteiger partial charge on any atom is -0.397 e. The van der Waals surface area contributed by atoms with E-state index in [2.05, 4.69) is 11.8 Å². The molecule has 0 saturated carbocycles. The Labute approximate surface area is 103 Å². The van der Waals surface area contributed by atoms with E-state index in [1.54, 1.807) is 6.92 Å². The molecule has 1 atom stereocenters. The second kappa shape index (κ2) is 4.94. The van der Waals surface area contributed by atoms with Crippen LogP contribution in [0.4, 0.5) is 15.8 Å². The van der Waals surface area contributed by atoms with Crippen molar-refractivity contribution in [1.29, 1.82) is 0 Å². The van der Waals surface area contributed by atoms with Crippen molar-refractivity contribution in [2.45, 2.75) is 33.1 Å². The number of nitrogens with zero attached hydrogens (tertiary/aromatic N) is 1. The monoisotopic (exact) mass is 236 g/mol. The molecule has 94 valence electrons. The molecule has 0 aromatic heterocycles. The normalized spacial score (nSPS) is 19.9. The van der Waals surface area contributed by atoms with Crippen LogP contribution in [0.15, 0.2) is 12.1 Å². The quantitative estimate of drug-likeness (QED) is 0.815. The molecule has 0 amide bonds. The van der Waals surface area contributed by atoms with Crippen LogP contribution in [0, 0.1) is 18.7 Å². The molecule has 3 heteroatoms. The summed E-state index contributed by atoms with van der Waals surface area (Å²) in [6.07, 6.45) is 3.73. The Hall–Kier alpha value is -1.25. The molecule has 1 heterocycles. The number of nitrogens with two attached hydrogens (primary N) is 1. The van der Waals surface area contributed by atoms with E-state index in [1.165, 1.54) is 25.3 Å². The molecule has 1 unspecified atom stereocenters. The zero-order chi connectivity index (χ0) is 12.4. The molecule has 1 saturated heterocycles. The second-order valence-corrected chi connectivity index (χ2v) is 5.05. The zero-order valence-electron chi connectivity index (χ0n) is 10.7. The average Bonchev–Trinajstić information content (AvgIpc) is 2.72. The Kier molecular flexibility index (Phi) is 3.55. The first-order valence-corrected chi connectivity index (χ1v) is 6.42. The third-order valence-electron chi connectivity index (χ3n) is 3.63. The number of benzene rings is 1. The van der Waals surface area contributed by atoms with Crippen molar-refractivity contribution in [1.82, 2.24) is 0 Å². The van der Waals surface area contributed by atoms with Gasteiger partial charge in [-0.3, -0.25) is 0 Å². The maximum atomic E-state index is 13.3. The van der Waals surface area contributed by atoms with Crippen LogP contribution < -0.4 is 10.6 Å². The predicted molar refractivity (Wildman–Crippen MR) is 70.8 cm³/mol. The van der Waals surface area contributed by atoms with Gasteiger partial charge in [-0.2, -0.15) is 0 Å². The van der Waals surface area contributed by atoms with Gasteiger partial charge in [0.05, 0.1) is 11.4 Å². The molecule has 1 aromatic carbocycles. The number of hydrogen-bond acceptors (Lipinski definition) is 2. The summed E-state index contributed by atoms with van der Waals surface area (Å²) in [6, 6.07) is 3.32. The zero-order valence-corrected chi connectivity index (χ0v) is 10.7. The SMILES string of the molecule is CCCC1CCN(c2cc(C)c(F)cc2N)C1. The van der Waals surface area contributed by atoms with E-state index in [4.69, 9.17) is 5.73 Å². The first kappa shape index (κ1) is 12.2. The van der Waals surface area contributed by atoms with Gasteiger partial charge in [-0.1, -0.05) is 13.3 Å². The smallest absolute Gasteiger partial charge is 0.128 e. The lowest BCUT2D eigenvalue weighted by atomic mass is 10.0. The fraction of sp³-hybridized carbons (Fsp3) is 0.571. The topological polar surface area (TPSA) is 29.3 Å². The van der Waals surface area contributed by atoms with Gasteiger partial charge in [-0.25, -0.2) is 4.39 Å². The van der Waals surface area contributed by atoms with E-state index in [0.717, 1.165) is 24.7 Å². The molecule has 0 radical (unpaired) electrons. The van der Waals surface area contributed by atoms with Crippen LogP contribution in [0.5, 0.6) is 0 Å². The molecule has 17 heavy (non-hydrogen) atoms. The number of aryl methyl sites for hydroxylation is 1. The van der Waals surface area contributed by atoms with Crippen molar-refractivity contribution in [3.8, 4) is 0 Å². The third kappa shape index (κ3) is 2.54. The van der Waals surface area contributed by atoms with Crippen molar-refractivity contribution in [3.05, 3.63) is 23.5 Å². The average molecular weight is 236 g/mol. The molecule has 1 aromatic rings. The Balaban J connectivity index is 2.16. The Morgan fingerprint density at radius 1 is 1.47 bits per heavy atom. The van der Waals surface area contributed by atoms with Crippen LogP contribution in [0.1, 0.15) is 31.7 Å². The summed E-state index contributed by atoms with van der Waals surface area (Å²) in [5.74, 6) is 0.556. The van der Waals surface area contributed by atoms with Crippen molar-refractivity contribution in [3.63, 3.8) is 0 Å². The van der Waals surface area contributed by atoms with Gasteiger partial charge >= 0.3 is 0 Å². The molecule has 0 aliphatic carbocycles. The van der Waals surface area contributed by atoms with E-state index < -0.39 is 0 Å². The van der Waals surface area contributed by atoms with E-state index in [-0.39, 0.29) is 5.82 Å². The fourth-order valence-corrected chi connectivity index (χ4v) is 2.65. The third-order valence-corrected chi connectivity index (χ3v) is 3.63. The van der Waals surface area contributed by atoms with Crippen molar-refractivity contribution < 1.29 is 4.39 Å². The summed E-state index contributed by atoms with van der Waals surface area (Å²) in [7, 11) is 0. The van der Waals surface area contributed by atoms with Crippen LogP contribution in [0.3, 0.4) is 0 Å². The van der Waals surface area contributed by atoms with E-state index in [0.29, 0.717) is 11.3 Å². The van der Waals surface area contributed by atoms with E-state index in [1.807, 2.05) is 6.07 Å². The number of hydrogen-bond donors (Lipinski definition) is 1. The molecule has 1 aliphatic rings. The minimum atomic E-state index is -0.212. The van der Waals surface area contributed by atoms with Gasteiger partial charge in [0.25, 0.3) is 0 Å². The van der Waals surface area contributed by atoms with Gasteiger partial charge in [0.2, 0.25) is 0 Å². The molecule has 2 N–H and O–H groups in total. The molecule has 1 aliphatic heterocycles. The summed E-state index contributed by atoms with van der Waals surface area (Å²) in [5, 5.41) is 0. The number of nitrogen functional groups attached to an aromatic ring is 1. The van der Waals surface area contributed by atoms with Gasteiger partial charge in [-0.15, -0.1) is 0 Å². The standard InChI is InChI=1S/C14H21FN2/c1-3-4-11-5-6-17(9-11)14-7-10(2)12(15)8-13(14)16/h7-8,11H,3-6,9,16H2,1-2H3. The maximum absolute atomic E-state index is 13.3. The molecular weight excluding hydrogens is 215 g/mol. The summed E-state index contributed by atoms with van der Waals surface area (Å²) in [6.45, 7) is 6.11. The largest absolute Gasteiger partial charge is 0.397 e. The van der Waals surface area contributed by atoms with Gasteiger partial charge in [0, 0.05) is 13.1 Å².